The monoisotopic (exact) mass is 488 g/mol. The molecule has 0 aliphatic carbocycles. The van der Waals surface area contributed by atoms with Crippen molar-refractivity contribution in [1.82, 2.24) is 0 Å². The lowest BCUT2D eigenvalue weighted by atomic mass is 10.1. The summed E-state index contributed by atoms with van der Waals surface area (Å²) in [5, 5.41) is 7.71. The van der Waals surface area contributed by atoms with Gasteiger partial charge in [-0.1, -0.05) is 77.6 Å². The van der Waals surface area contributed by atoms with E-state index in [2.05, 4.69) is 16.9 Å². The molecule has 0 unspecified atom stereocenters. The summed E-state index contributed by atoms with van der Waals surface area (Å²) in [6, 6.07) is 24.2. The molecule has 0 aromatic heterocycles. The van der Waals surface area contributed by atoms with Crippen molar-refractivity contribution in [2.24, 2.45) is 10.3 Å². The second-order valence-corrected chi connectivity index (χ2v) is 7.31. The molecule has 3 aromatic rings. The summed E-state index contributed by atoms with van der Waals surface area (Å²) in [4.78, 5) is 21.9. The average Bonchev–Trinajstić information content (AvgIpc) is 2.91. The van der Waals surface area contributed by atoms with E-state index in [1.165, 1.54) is 13.3 Å². The van der Waals surface area contributed by atoms with Crippen LogP contribution in [0.2, 0.25) is 0 Å². The maximum Gasteiger partial charge on any atom is 0.316 e. The number of nitrogens with zero attached hydrogens (tertiary/aromatic N) is 2. The molecule has 0 aliphatic heterocycles. The standard InChI is InChI=1S/C28H28N2O6/c1-3-19-35-29-18-17-28(31)36-27-12-8-7-11-26(27)34-20-22-13-15-24(16-14-22)33-21-25(30-32-2)23-9-5-4-6-10-23/h3-16,18H,1,17,19-21H2,2H3/b29-18?,30-25+. The number of oxime groups is 2. The van der Waals surface area contributed by atoms with Crippen LogP contribution in [-0.4, -0.2) is 38.2 Å². The van der Waals surface area contributed by atoms with Crippen molar-refractivity contribution in [3.63, 3.8) is 0 Å². The summed E-state index contributed by atoms with van der Waals surface area (Å²) in [5.41, 5.74) is 2.54. The molecule has 0 heterocycles. The first-order valence-electron chi connectivity index (χ1n) is 11.2. The van der Waals surface area contributed by atoms with Gasteiger partial charge < -0.3 is 23.9 Å². The highest BCUT2D eigenvalue weighted by Gasteiger charge is 2.10. The number of hydrogen-bond donors (Lipinski definition) is 0. The molecule has 0 saturated carbocycles. The van der Waals surface area contributed by atoms with Crippen LogP contribution in [0.1, 0.15) is 17.5 Å². The van der Waals surface area contributed by atoms with Gasteiger partial charge in [-0.25, -0.2) is 0 Å². The van der Waals surface area contributed by atoms with E-state index in [4.69, 9.17) is 23.9 Å². The van der Waals surface area contributed by atoms with Crippen molar-refractivity contribution in [3.05, 3.63) is 103 Å². The topological polar surface area (TPSA) is 87.9 Å². The minimum atomic E-state index is -0.481. The maximum absolute atomic E-state index is 12.1. The fourth-order valence-electron chi connectivity index (χ4n) is 2.98. The van der Waals surface area contributed by atoms with Crippen LogP contribution in [0.5, 0.6) is 17.2 Å². The molecular formula is C28H28N2O6. The molecule has 0 fully saturated rings. The van der Waals surface area contributed by atoms with Gasteiger partial charge in [0.15, 0.2) is 11.5 Å². The number of carbonyl (C=O) groups is 1. The van der Waals surface area contributed by atoms with Crippen molar-refractivity contribution in [2.75, 3.05) is 20.3 Å². The van der Waals surface area contributed by atoms with Gasteiger partial charge in [0.2, 0.25) is 0 Å². The van der Waals surface area contributed by atoms with Crippen molar-refractivity contribution >= 4 is 17.9 Å². The lowest BCUT2D eigenvalue weighted by Crippen LogP contribution is -2.13. The van der Waals surface area contributed by atoms with Crippen molar-refractivity contribution in [2.45, 2.75) is 13.0 Å². The number of ether oxygens (including phenoxy) is 3. The fraction of sp³-hybridized carbons (Fsp3) is 0.179. The van der Waals surface area contributed by atoms with Crippen LogP contribution in [0.25, 0.3) is 0 Å². The number of benzene rings is 3. The smallest absolute Gasteiger partial charge is 0.316 e. The Morgan fingerprint density at radius 1 is 0.917 bits per heavy atom. The molecular weight excluding hydrogens is 460 g/mol. The van der Waals surface area contributed by atoms with E-state index < -0.39 is 5.97 Å². The molecule has 0 spiro atoms. The van der Waals surface area contributed by atoms with E-state index in [1.807, 2.05) is 54.6 Å². The third-order valence-electron chi connectivity index (χ3n) is 4.67. The quantitative estimate of drug-likeness (QED) is 0.0776. The molecule has 3 aromatic carbocycles. The Morgan fingerprint density at radius 2 is 1.64 bits per heavy atom. The van der Waals surface area contributed by atoms with Gasteiger partial charge in [0.25, 0.3) is 0 Å². The van der Waals surface area contributed by atoms with E-state index in [1.54, 1.807) is 30.3 Å². The zero-order valence-electron chi connectivity index (χ0n) is 20.0. The van der Waals surface area contributed by atoms with E-state index in [0.29, 0.717) is 23.0 Å². The predicted octanol–water partition coefficient (Wildman–Crippen LogP) is 5.18. The van der Waals surface area contributed by atoms with Gasteiger partial charge in [0, 0.05) is 5.56 Å². The Bertz CT molecular complexity index is 1160. The zero-order valence-corrected chi connectivity index (χ0v) is 20.0. The van der Waals surface area contributed by atoms with E-state index in [0.717, 1.165) is 11.1 Å². The number of carbonyl (C=O) groups excluding carboxylic acids is 1. The van der Waals surface area contributed by atoms with E-state index in [9.17, 15) is 4.79 Å². The van der Waals surface area contributed by atoms with E-state index in [-0.39, 0.29) is 26.2 Å². The van der Waals surface area contributed by atoms with E-state index >= 15 is 0 Å². The Balaban J connectivity index is 1.52. The molecule has 0 radical (unpaired) electrons. The Morgan fingerprint density at radius 3 is 2.36 bits per heavy atom. The van der Waals surface area contributed by atoms with Crippen LogP contribution in [0, 0.1) is 0 Å². The summed E-state index contributed by atoms with van der Waals surface area (Å²) >= 11 is 0. The first-order valence-corrected chi connectivity index (χ1v) is 11.2. The normalized spacial score (nSPS) is 11.1. The maximum atomic E-state index is 12.1. The van der Waals surface area contributed by atoms with Crippen LogP contribution >= 0.6 is 0 Å². The molecule has 0 saturated heterocycles. The summed E-state index contributed by atoms with van der Waals surface area (Å²) in [6.07, 6.45) is 2.86. The highest BCUT2D eigenvalue weighted by molar-refractivity contribution is 6.01. The summed E-state index contributed by atoms with van der Waals surface area (Å²) in [5.74, 6) is 0.986. The Labute approximate surface area is 210 Å². The Kier molecular flexibility index (Phi) is 10.6. The molecule has 0 bridgehead atoms. The van der Waals surface area contributed by atoms with Crippen LogP contribution in [-0.2, 0) is 21.1 Å². The molecule has 0 N–H and O–H groups in total. The third kappa shape index (κ3) is 8.64. The third-order valence-corrected chi connectivity index (χ3v) is 4.67. The minimum absolute atomic E-state index is 0.0337. The van der Waals surface area contributed by atoms with Gasteiger partial charge in [0.1, 0.15) is 38.4 Å². The minimum Gasteiger partial charge on any atom is -0.487 e. The number of esters is 1. The molecule has 0 amide bonds. The van der Waals surface area contributed by atoms with Crippen LogP contribution in [0.3, 0.4) is 0 Å². The highest BCUT2D eigenvalue weighted by Crippen LogP contribution is 2.28. The lowest BCUT2D eigenvalue weighted by molar-refractivity contribution is -0.133. The molecule has 36 heavy (non-hydrogen) atoms. The van der Waals surface area contributed by atoms with Crippen LogP contribution in [0.15, 0.2) is 102 Å². The number of rotatable bonds is 14. The van der Waals surface area contributed by atoms with Crippen molar-refractivity contribution < 1.29 is 28.7 Å². The van der Waals surface area contributed by atoms with Gasteiger partial charge >= 0.3 is 5.97 Å². The molecule has 8 heteroatoms. The number of hydrogen-bond acceptors (Lipinski definition) is 8. The van der Waals surface area contributed by atoms with Crippen LogP contribution in [0.4, 0.5) is 0 Å². The summed E-state index contributed by atoms with van der Waals surface area (Å²) in [6.45, 7) is 4.33. The highest BCUT2D eigenvalue weighted by atomic mass is 16.6. The SMILES string of the molecule is C=CCON=CCC(=O)Oc1ccccc1OCc1ccc(OC/C(=N\OC)c2ccccc2)cc1. The van der Waals surface area contributed by atoms with Crippen molar-refractivity contribution in [1.29, 1.82) is 0 Å². The van der Waals surface area contributed by atoms with Gasteiger partial charge in [-0.15, -0.1) is 0 Å². The second-order valence-electron chi connectivity index (χ2n) is 7.31. The molecule has 0 aliphatic rings. The molecule has 3 rings (SSSR count). The van der Waals surface area contributed by atoms with Gasteiger partial charge in [-0.3, -0.25) is 4.79 Å². The van der Waals surface area contributed by atoms with Crippen LogP contribution < -0.4 is 14.2 Å². The average molecular weight is 489 g/mol. The largest absolute Gasteiger partial charge is 0.487 e. The molecule has 186 valence electrons. The first kappa shape index (κ1) is 26.0. The molecule has 0 atom stereocenters. The van der Waals surface area contributed by atoms with Gasteiger partial charge in [-0.2, -0.15) is 0 Å². The van der Waals surface area contributed by atoms with Crippen molar-refractivity contribution in [3.8, 4) is 17.2 Å². The summed E-state index contributed by atoms with van der Waals surface area (Å²) in [7, 11) is 1.51. The second kappa shape index (κ2) is 14.6. The zero-order chi connectivity index (χ0) is 25.4. The fourth-order valence-corrected chi connectivity index (χ4v) is 2.98. The van der Waals surface area contributed by atoms with Gasteiger partial charge in [0.05, 0.1) is 12.6 Å². The molecule has 8 nitrogen and oxygen atoms in total. The van der Waals surface area contributed by atoms with Gasteiger partial charge in [-0.05, 0) is 29.8 Å². The summed E-state index contributed by atoms with van der Waals surface area (Å²) < 4.78 is 17.2. The lowest BCUT2D eigenvalue weighted by Gasteiger charge is -2.12. The Hall–Kier alpha value is -4.59. The number of para-hydroxylation sites is 2. The first-order chi connectivity index (χ1) is 17.7. The predicted molar refractivity (Wildman–Crippen MR) is 138 cm³/mol.